The Morgan fingerprint density at radius 1 is 1.38 bits per heavy atom. The summed E-state index contributed by atoms with van der Waals surface area (Å²) in [6.07, 6.45) is 0. The Bertz CT molecular complexity index is 357. The number of aromatic amines is 1. The number of rotatable bonds is 4. The molecule has 1 amide bonds. The van der Waals surface area contributed by atoms with Crippen LogP contribution in [0.25, 0.3) is 0 Å². The Labute approximate surface area is 96.3 Å². The van der Waals surface area contributed by atoms with E-state index in [1.807, 2.05) is 13.8 Å². The first-order valence-corrected chi connectivity index (χ1v) is 5.59. The average molecular weight is 224 g/mol. The molecule has 0 aliphatic rings. The van der Waals surface area contributed by atoms with Gasteiger partial charge in [-0.3, -0.25) is 9.89 Å². The minimum atomic E-state index is -0.128. The number of nitrogens with zero attached hydrogens (tertiary/aromatic N) is 3. The van der Waals surface area contributed by atoms with Crippen LogP contribution in [0.5, 0.6) is 0 Å². The molecule has 0 fully saturated rings. The highest BCUT2D eigenvalue weighted by Gasteiger charge is 2.18. The summed E-state index contributed by atoms with van der Waals surface area (Å²) in [5, 5.41) is 6.72. The molecule has 0 aliphatic heterocycles. The summed E-state index contributed by atoms with van der Waals surface area (Å²) in [4.78, 5) is 17.7. The van der Waals surface area contributed by atoms with E-state index in [0.29, 0.717) is 12.5 Å². The summed E-state index contributed by atoms with van der Waals surface area (Å²) in [6.45, 7) is 8.87. The van der Waals surface area contributed by atoms with Crippen LogP contribution in [0.1, 0.15) is 50.1 Å². The van der Waals surface area contributed by atoms with Crippen molar-refractivity contribution >= 4 is 5.91 Å². The first-order chi connectivity index (χ1) is 7.41. The van der Waals surface area contributed by atoms with Crippen LogP contribution >= 0.6 is 0 Å². The van der Waals surface area contributed by atoms with Crippen LogP contribution in [0, 0.1) is 5.92 Å². The second kappa shape index (κ2) is 5.09. The molecule has 0 aliphatic carbocycles. The number of H-pyrrole nitrogens is 1. The highest BCUT2D eigenvalue weighted by molar-refractivity contribution is 5.90. The molecule has 0 radical (unpaired) electrons. The zero-order chi connectivity index (χ0) is 12.3. The average Bonchev–Trinajstić information content (AvgIpc) is 2.64. The van der Waals surface area contributed by atoms with E-state index in [4.69, 9.17) is 0 Å². The maximum Gasteiger partial charge on any atom is 0.293 e. The van der Waals surface area contributed by atoms with E-state index >= 15 is 0 Å². The van der Waals surface area contributed by atoms with Crippen LogP contribution in [0.4, 0.5) is 0 Å². The zero-order valence-corrected chi connectivity index (χ0v) is 10.6. The van der Waals surface area contributed by atoms with E-state index in [2.05, 4.69) is 29.0 Å². The fraction of sp³-hybridized carbons (Fsp3) is 0.727. The molecule has 1 aromatic rings. The molecule has 5 nitrogen and oxygen atoms in total. The lowest BCUT2D eigenvalue weighted by molar-refractivity contribution is 0.0767. The highest BCUT2D eigenvalue weighted by Crippen LogP contribution is 2.09. The van der Waals surface area contributed by atoms with Gasteiger partial charge in [0.25, 0.3) is 5.91 Å². The van der Waals surface area contributed by atoms with Gasteiger partial charge in [0.15, 0.2) is 0 Å². The third-order valence-corrected chi connectivity index (χ3v) is 2.23. The summed E-state index contributed by atoms with van der Waals surface area (Å²) in [7, 11) is 1.77. The molecule has 0 spiro atoms. The molecule has 0 atom stereocenters. The SMILES string of the molecule is CC(C)CN(C)C(=O)c1n[nH]c(C(C)C)n1. The molecule has 0 saturated carbocycles. The van der Waals surface area contributed by atoms with Gasteiger partial charge in [0.1, 0.15) is 5.82 Å². The van der Waals surface area contributed by atoms with Gasteiger partial charge >= 0.3 is 0 Å². The number of nitrogens with one attached hydrogen (secondary N) is 1. The van der Waals surface area contributed by atoms with Gasteiger partial charge in [0.05, 0.1) is 0 Å². The number of aromatic nitrogens is 3. The minimum Gasteiger partial charge on any atom is -0.339 e. The molecule has 5 heteroatoms. The number of hydrogen-bond donors (Lipinski definition) is 1. The monoisotopic (exact) mass is 224 g/mol. The van der Waals surface area contributed by atoms with Gasteiger partial charge in [0, 0.05) is 19.5 Å². The van der Waals surface area contributed by atoms with Crippen LogP contribution in [0.2, 0.25) is 0 Å². The number of carbonyl (C=O) groups is 1. The molecule has 0 bridgehead atoms. The van der Waals surface area contributed by atoms with Crippen molar-refractivity contribution in [3.05, 3.63) is 11.6 Å². The molecule has 1 heterocycles. The Morgan fingerprint density at radius 2 is 2.00 bits per heavy atom. The summed E-state index contributed by atoms with van der Waals surface area (Å²) < 4.78 is 0. The largest absolute Gasteiger partial charge is 0.339 e. The van der Waals surface area contributed by atoms with E-state index in [9.17, 15) is 4.79 Å². The minimum absolute atomic E-state index is 0.128. The molecule has 0 saturated heterocycles. The second-order valence-corrected chi connectivity index (χ2v) is 4.78. The van der Waals surface area contributed by atoms with E-state index in [1.54, 1.807) is 11.9 Å². The van der Waals surface area contributed by atoms with Crippen molar-refractivity contribution in [3.63, 3.8) is 0 Å². The standard InChI is InChI=1S/C11H20N4O/c1-7(2)6-15(5)11(16)10-12-9(8(3)4)13-14-10/h7-8H,6H2,1-5H3,(H,12,13,14). The lowest BCUT2D eigenvalue weighted by Crippen LogP contribution is -2.31. The smallest absolute Gasteiger partial charge is 0.293 e. The van der Waals surface area contributed by atoms with Crippen LogP contribution in [0.3, 0.4) is 0 Å². The van der Waals surface area contributed by atoms with Crippen molar-refractivity contribution in [2.75, 3.05) is 13.6 Å². The van der Waals surface area contributed by atoms with Gasteiger partial charge in [-0.2, -0.15) is 0 Å². The normalized spacial score (nSPS) is 11.2. The van der Waals surface area contributed by atoms with Crippen LogP contribution in [0.15, 0.2) is 0 Å². The quantitative estimate of drug-likeness (QED) is 0.846. The predicted octanol–water partition coefficient (Wildman–Crippen LogP) is 1.66. The van der Waals surface area contributed by atoms with Gasteiger partial charge in [-0.25, -0.2) is 4.98 Å². The molecule has 0 aromatic carbocycles. The van der Waals surface area contributed by atoms with Crippen molar-refractivity contribution in [1.82, 2.24) is 20.1 Å². The molecule has 90 valence electrons. The van der Waals surface area contributed by atoms with E-state index in [-0.39, 0.29) is 17.6 Å². The highest BCUT2D eigenvalue weighted by atomic mass is 16.2. The van der Waals surface area contributed by atoms with Crippen LogP contribution in [-0.4, -0.2) is 39.6 Å². The predicted molar refractivity (Wildman–Crippen MR) is 62.3 cm³/mol. The van der Waals surface area contributed by atoms with Gasteiger partial charge in [-0.1, -0.05) is 27.7 Å². The number of hydrogen-bond acceptors (Lipinski definition) is 3. The topological polar surface area (TPSA) is 61.9 Å². The summed E-state index contributed by atoms with van der Waals surface area (Å²) in [6, 6.07) is 0. The first-order valence-electron chi connectivity index (χ1n) is 5.59. The van der Waals surface area contributed by atoms with E-state index in [0.717, 1.165) is 5.82 Å². The lowest BCUT2D eigenvalue weighted by atomic mass is 10.2. The first kappa shape index (κ1) is 12.7. The van der Waals surface area contributed by atoms with Crippen LogP contribution in [-0.2, 0) is 0 Å². The zero-order valence-electron chi connectivity index (χ0n) is 10.6. The van der Waals surface area contributed by atoms with Gasteiger partial charge in [-0.05, 0) is 5.92 Å². The fourth-order valence-electron chi connectivity index (χ4n) is 1.43. The molecular formula is C11H20N4O. The van der Waals surface area contributed by atoms with Gasteiger partial charge < -0.3 is 4.90 Å². The van der Waals surface area contributed by atoms with Crippen molar-refractivity contribution in [2.45, 2.75) is 33.6 Å². The lowest BCUT2D eigenvalue weighted by Gasteiger charge is -2.17. The number of amides is 1. The third-order valence-electron chi connectivity index (χ3n) is 2.23. The molecule has 1 N–H and O–H groups in total. The van der Waals surface area contributed by atoms with Gasteiger partial charge in [0.2, 0.25) is 5.82 Å². The Morgan fingerprint density at radius 3 is 2.44 bits per heavy atom. The maximum absolute atomic E-state index is 11.9. The third kappa shape index (κ3) is 3.05. The summed E-state index contributed by atoms with van der Waals surface area (Å²) >= 11 is 0. The van der Waals surface area contributed by atoms with Crippen molar-refractivity contribution in [3.8, 4) is 0 Å². The van der Waals surface area contributed by atoms with E-state index < -0.39 is 0 Å². The molecule has 1 rings (SSSR count). The Balaban J connectivity index is 2.72. The van der Waals surface area contributed by atoms with Gasteiger partial charge in [-0.15, -0.1) is 5.10 Å². The Hall–Kier alpha value is -1.39. The molecule has 16 heavy (non-hydrogen) atoms. The molecule has 1 aromatic heterocycles. The molecule has 0 unspecified atom stereocenters. The number of carbonyl (C=O) groups excluding carboxylic acids is 1. The second-order valence-electron chi connectivity index (χ2n) is 4.78. The van der Waals surface area contributed by atoms with Crippen molar-refractivity contribution in [1.29, 1.82) is 0 Å². The van der Waals surface area contributed by atoms with E-state index in [1.165, 1.54) is 0 Å². The van der Waals surface area contributed by atoms with Crippen molar-refractivity contribution in [2.24, 2.45) is 5.92 Å². The summed E-state index contributed by atoms with van der Waals surface area (Å²) in [5.74, 6) is 1.58. The molecular weight excluding hydrogens is 204 g/mol. The van der Waals surface area contributed by atoms with Crippen LogP contribution < -0.4 is 0 Å². The summed E-state index contributed by atoms with van der Waals surface area (Å²) in [5.41, 5.74) is 0. The Kier molecular flexibility index (Phi) is 4.04. The maximum atomic E-state index is 11.9. The fourth-order valence-corrected chi connectivity index (χ4v) is 1.43. The van der Waals surface area contributed by atoms with Crippen molar-refractivity contribution < 1.29 is 4.79 Å².